The molecule has 0 fully saturated rings. The first-order valence-electron chi connectivity index (χ1n) is 7.25. The Morgan fingerprint density at radius 2 is 1.58 bits per heavy atom. The lowest BCUT2D eigenvalue weighted by atomic mass is 10.3. The second-order valence-electron chi connectivity index (χ2n) is 4.52. The molecule has 0 aromatic heterocycles. The highest BCUT2D eigenvalue weighted by atomic mass is 16.8. The molecule has 0 bridgehead atoms. The largest absolute Gasteiger partial charge is 0.490 e. The number of hydrogen-bond acceptors (Lipinski definition) is 5. The Morgan fingerprint density at radius 1 is 0.958 bits per heavy atom. The van der Waals surface area contributed by atoms with Gasteiger partial charge in [0.15, 0.2) is 0 Å². The molecule has 6 heteroatoms. The average molecular weight is 327 g/mol. The SMILES string of the molecule is C=CC(=O)ON(C(=O)OCCOc1ccccc1)c1ccccc1. The van der Waals surface area contributed by atoms with Gasteiger partial charge in [-0.15, -0.1) is 5.06 Å². The molecular weight excluding hydrogens is 310 g/mol. The second-order valence-corrected chi connectivity index (χ2v) is 4.52. The fourth-order valence-electron chi connectivity index (χ4n) is 1.75. The van der Waals surface area contributed by atoms with Crippen molar-refractivity contribution in [3.8, 4) is 5.75 Å². The van der Waals surface area contributed by atoms with Crippen LogP contribution in [-0.2, 0) is 14.4 Å². The van der Waals surface area contributed by atoms with E-state index in [-0.39, 0.29) is 13.2 Å². The highest BCUT2D eigenvalue weighted by Crippen LogP contribution is 2.15. The van der Waals surface area contributed by atoms with E-state index in [4.69, 9.17) is 14.3 Å². The van der Waals surface area contributed by atoms with Crippen molar-refractivity contribution < 1.29 is 23.9 Å². The monoisotopic (exact) mass is 327 g/mol. The van der Waals surface area contributed by atoms with Crippen LogP contribution in [0.1, 0.15) is 0 Å². The van der Waals surface area contributed by atoms with Crippen molar-refractivity contribution in [2.24, 2.45) is 0 Å². The molecule has 0 spiro atoms. The van der Waals surface area contributed by atoms with Crippen molar-refractivity contribution >= 4 is 17.7 Å². The Hall–Kier alpha value is -3.28. The van der Waals surface area contributed by atoms with Gasteiger partial charge >= 0.3 is 12.1 Å². The van der Waals surface area contributed by atoms with E-state index in [9.17, 15) is 9.59 Å². The van der Waals surface area contributed by atoms with Gasteiger partial charge < -0.3 is 14.3 Å². The van der Waals surface area contributed by atoms with Gasteiger partial charge in [-0.1, -0.05) is 43.0 Å². The van der Waals surface area contributed by atoms with Gasteiger partial charge in [-0.2, -0.15) is 0 Å². The number of benzene rings is 2. The van der Waals surface area contributed by atoms with Crippen molar-refractivity contribution in [3.05, 3.63) is 73.3 Å². The number of carbonyl (C=O) groups excluding carboxylic acids is 2. The smallest absolute Gasteiger partial charge is 0.448 e. The molecule has 0 N–H and O–H groups in total. The Labute approximate surface area is 139 Å². The summed E-state index contributed by atoms with van der Waals surface area (Å²) in [5.41, 5.74) is 0.363. The molecule has 0 radical (unpaired) electrons. The van der Waals surface area contributed by atoms with Crippen LogP contribution in [0.3, 0.4) is 0 Å². The van der Waals surface area contributed by atoms with Gasteiger partial charge in [0.2, 0.25) is 0 Å². The maximum Gasteiger partial charge on any atom is 0.448 e. The van der Waals surface area contributed by atoms with Crippen LogP contribution in [0.4, 0.5) is 10.5 Å². The Balaban J connectivity index is 1.90. The van der Waals surface area contributed by atoms with Crippen LogP contribution >= 0.6 is 0 Å². The summed E-state index contributed by atoms with van der Waals surface area (Å²) in [5.74, 6) is -0.0945. The van der Waals surface area contributed by atoms with E-state index in [1.54, 1.807) is 42.5 Å². The summed E-state index contributed by atoms with van der Waals surface area (Å²) >= 11 is 0. The van der Waals surface area contributed by atoms with Crippen molar-refractivity contribution in [1.82, 2.24) is 0 Å². The van der Waals surface area contributed by atoms with Gasteiger partial charge in [0.25, 0.3) is 0 Å². The van der Waals surface area contributed by atoms with E-state index in [0.29, 0.717) is 11.4 Å². The number of amides is 1. The highest BCUT2D eigenvalue weighted by molar-refractivity contribution is 5.90. The van der Waals surface area contributed by atoms with Gasteiger partial charge in [-0.05, 0) is 24.3 Å². The molecule has 6 nitrogen and oxygen atoms in total. The summed E-state index contributed by atoms with van der Waals surface area (Å²) < 4.78 is 10.5. The minimum atomic E-state index is -0.826. The first-order chi connectivity index (χ1) is 11.7. The molecule has 0 saturated carbocycles. The highest BCUT2D eigenvalue weighted by Gasteiger charge is 2.21. The van der Waals surface area contributed by atoms with Crippen LogP contribution < -0.4 is 9.80 Å². The van der Waals surface area contributed by atoms with Crippen molar-refractivity contribution in [3.63, 3.8) is 0 Å². The Kier molecular flexibility index (Phi) is 6.40. The molecule has 0 saturated heterocycles. The van der Waals surface area contributed by atoms with E-state index in [1.165, 1.54) is 0 Å². The average Bonchev–Trinajstić information content (AvgIpc) is 2.64. The second kappa shape index (κ2) is 8.99. The predicted molar refractivity (Wildman–Crippen MR) is 88.5 cm³/mol. The summed E-state index contributed by atoms with van der Waals surface area (Å²) in [6, 6.07) is 17.5. The third-order valence-electron chi connectivity index (χ3n) is 2.83. The molecule has 124 valence electrons. The molecular formula is C18H17NO5. The summed E-state index contributed by atoms with van der Waals surface area (Å²) in [6.07, 6.45) is 0.134. The van der Waals surface area contributed by atoms with Crippen molar-refractivity contribution in [1.29, 1.82) is 0 Å². The van der Waals surface area contributed by atoms with E-state index in [0.717, 1.165) is 11.1 Å². The van der Waals surface area contributed by atoms with Crippen LogP contribution in [-0.4, -0.2) is 25.3 Å². The number of ether oxygens (including phenoxy) is 2. The number of hydrogen-bond donors (Lipinski definition) is 0. The Morgan fingerprint density at radius 3 is 2.21 bits per heavy atom. The van der Waals surface area contributed by atoms with E-state index in [2.05, 4.69) is 6.58 Å². The minimum absolute atomic E-state index is 0.00268. The molecule has 0 heterocycles. The topological polar surface area (TPSA) is 65.1 Å². The maximum absolute atomic E-state index is 12.1. The first-order valence-corrected chi connectivity index (χ1v) is 7.25. The number of anilines is 1. The molecule has 0 unspecified atom stereocenters. The van der Waals surface area contributed by atoms with Crippen molar-refractivity contribution in [2.45, 2.75) is 0 Å². The molecule has 0 aliphatic heterocycles. The Bertz CT molecular complexity index is 672. The lowest BCUT2D eigenvalue weighted by Crippen LogP contribution is -2.34. The normalized spacial score (nSPS) is 9.67. The standard InChI is InChI=1S/C18H17NO5/c1-2-17(20)24-19(15-9-5-3-6-10-15)18(21)23-14-13-22-16-11-7-4-8-12-16/h2-12H,1,13-14H2. The maximum atomic E-state index is 12.1. The van der Waals surface area contributed by atoms with Gasteiger partial charge in [0.1, 0.15) is 19.0 Å². The predicted octanol–water partition coefficient (Wildman–Crippen LogP) is 3.35. The lowest BCUT2D eigenvalue weighted by molar-refractivity contribution is -0.138. The summed E-state index contributed by atoms with van der Waals surface area (Å²) in [5, 5.41) is 0.770. The quantitative estimate of drug-likeness (QED) is 0.462. The molecule has 1 amide bonds. The van der Waals surface area contributed by atoms with Crippen LogP contribution in [0, 0.1) is 0 Å². The van der Waals surface area contributed by atoms with Gasteiger partial charge in [0, 0.05) is 6.08 Å². The van der Waals surface area contributed by atoms with E-state index < -0.39 is 12.1 Å². The molecule has 0 aliphatic rings. The van der Waals surface area contributed by atoms with Crippen LogP contribution in [0.15, 0.2) is 73.3 Å². The number of hydroxylamine groups is 1. The molecule has 0 atom stereocenters. The summed E-state index contributed by atoms with van der Waals surface area (Å²) in [4.78, 5) is 28.5. The van der Waals surface area contributed by atoms with E-state index in [1.807, 2.05) is 18.2 Å². The summed E-state index contributed by atoms with van der Waals surface area (Å²) in [7, 11) is 0. The molecule has 2 aromatic carbocycles. The molecule has 24 heavy (non-hydrogen) atoms. The van der Waals surface area contributed by atoms with Crippen LogP contribution in [0.2, 0.25) is 0 Å². The summed E-state index contributed by atoms with van der Waals surface area (Å²) in [6.45, 7) is 3.48. The number of carbonyl (C=O) groups is 2. The molecule has 0 aliphatic carbocycles. The molecule has 2 aromatic rings. The number of para-hydroxylation sites is 2. The van der Waals surface area contributed by atoms with Gasteiger partial charge in [-0.25, -0.2) is 9.59 Å². The minimum Gasteiger partial charge on any atom is -0.490 e. The number of rotatable bonds is 6. The third-order valence-corrected chi connectivity index (χ3v) is 2.83. The molecule has 2 rings (SSSR count). The third kappa shape index (κ3) is 5.17. The first kappa shape index (κ1) is 17.1. The van der Waals surface area contributed by atoms with Gasteiger partial charge in [0.05, 0.1) is 5.69 Å². The number of nitrogens with zero attached hydrogens (tertiary/aromatic N) is 1. The fourth-order valence-corrected chi connectivity index (χ4v) is 1.75. The van der Waals surface area contributed by atoms with Crippen LogP contribution in [0.5, 0.6) is 5.75 Å². The van der Waals surface area contributed by atoms with Crippen LogP contribution in [0.25, 0.3) is 0 Å². The van der Waals surface area contributed by atoms with E-state index >= 15 is 0 Å². The lowest BCUT2D eigenvalue weighted by Gasteiger charge is -2.19. The zero-order valence-corrected chi connectivity index (χ0v) is 13.0. The fraction of sp³-hybridized carbons (Fsp3) is 0.111. The zero-order chi connectivity index (χ0) is 17.2. The van der Waals surface area contributed by atoms with Crippen molar-refractivity contribution in [2.75, 3.05) is 18.3 Å². The zero-order valence-electron chi connectivity index (χ0n) is 13.0. The van der Waals surface area contributed by atoms with Gasteiger partial charge in [-0.3, -0.25) is 0 Å².